The lowest BCUT2D eigenvalue weighted by Gasteiger charge is -2.34. The van der Waals surface area contributed by atoms with Crippen LogP contribution in [0.1, 0.15) is 33.1 Å². The summed E-state index contributed by atoms with van der Waals surface area (Å²) in [5.41, 5.74) is 0.270. The molecule has 0 aromatic carbocycles. The van der Waals surface area contributed by atoms with Gasteiger partial charge in [-0.2, -0.15) is 5.26 Å². The maximum atomic E-state index is 9.36. The van der Waals surface area contributed by atoms with Crippen LogP contribution < -0.4 is 0 Å². The molecule has 2 unspecified atom stereocenters. The topological polar surface area (TPSA) is 27.0 Å². The van der Waals surface area contributed by atoms with E-state index in [0.717, 1.165) is 13.0 Å². The monoisotopic (exact) mass is 192 g/mol. The maximum Gasteiger partial charge on any atom is 0.0699 e. The van der Waals surface area contributed by atoms with Gasteiger partial charge in [0.25, 0.3) is 0 Å². The lowest BCUT2D eigenvalue weighted by atomic mass is 9.79. The summed E-state index contributed by atoms with van der Waals surface area (Å²) >= 11 is 0. The van der Waals surface area contributed by atoms with Crippen LogP contribution in [0.4, 0.5) is 0 Å². The Bertz CT molecular complexity index is 277. The molecule has 2 heteroatoms. The van der Waals surface area contributed by atoms with Crippen LogP contribution in [0, 0.1) is 28.1 Å². The summed E-state index contributed by atoms with van der Waals surface area (Å²) in [5.74, 6) is 0.612. The van der Waals surface area contributed by atoms with Crippen LogP contribution in [0.15, 0.2) is 0 Å². The molecule has 0 aromatic rings. The Hall–Kier alpha value is -0.550. The highest BCUT2D eigenvalue weighted by Gasteiger charge is 2.65. The van der Waals surface area contributed by atoms with Gasteiger partial charge < -0.3 is 4.90 Å². The van der Waals surface area contributed by atoms with Crippen LogP contribution in [0.2, 0.25) is 0 Å². The first kappa shape index (κ1) is 9.98. The van der Waals surface area contributed by atoms with E-state index in [2.05, 4.69) is 31.9 Å². The Kier molecular flexibility index (Phi) is 2.12. The quantitative estimate of drug-likeness (QED) is 0.637. The van der Waals surface area contributed by atoms with Gasteiger partial charge in [-0.15, -0.1) is 0 Å². The predicted octanol–water partition coefficient (Wildman–Crippen LogP) is 2.27. The van der Waals surface area contributed by atoms with E-state index in [9.17, 15) is 5.26 Å². The van der Waals surface area contributed by atoms with Crippen LogP contribution in [0.3, 0.4) is 0 Å². The second kappa shape index (κ2) is 2.97. The van der Waals surface area contributed by atoms with Crippen molar-refractivity contribution in [1.29, 1.82) is 5.26 Å². The Balaban J connectivity index is 2.12. The summed E-state index contributed by atoms with van der Waals surface area (Å²) in [6.07, 6.45) is 3.62. The molecule has 0 bridgehead atoms. The Morgan fingerprint density at radius 2 is 2.07 bits per heavy atom. The van der Waals surface area contributed by atoms with E-state index < -0.39 is 0 Å². The SMILES string of the molecule is CN1CCCC(C2(C#N)CC2(C)C)C1. The summed E-state index contributed by atoms with van der Waals surface area (Å²) in [6.45, 7) is 6.81. The second-order valence-corrected chi connectivity index (χ2v) is 5.75. The molecule has 1 heterocycles. The molecule has 2 fully saturated rings. The van der Waals surface area contributed by atoms with Gasteiger partial charge in [0.15, 0.2) is 0 Å². The molecule has 2 aliphatic rings. The summed E-state index contributed by atoms with van der Waals surface area (Å²) < 4.78 is 0. The van der Waals surface area contributed by atoms with E-state index in [1.807, 2.05) is 0 Å². The average Bonchev–Trinajstić information content (AvgIpc) is 2.70. The summed E-state index contributed by atoms with van der Waals surface area (Å²) in [4.78, 5) is 2.38. The third-order valence-electron chi connectivity index (χ3n) is 4.32. The van der Waals surface area contributed by atoms with E-state index >= 15 is 0 Å². The predicted molar refractivity (Wildman–Crippen MR) is 56.7 cm³/mol. The molecule has 14 heavy (non-hydrogen) atoms. The molecular weight excluding hydrogens is 172 g/mol. The van der Waals surface area contributed by atoms with Crippen LogP contribution in [-0.4, -0.2) is 25.0 Å². The van der Waals surface area contributed by atoms with Crippen LogP contribution in [0.25, 0.3) is 0 Å². The number of nitriles is 1. The number of nitrogens with zero attached hydrogens (tertiary/aromatic N) is 2. The molecule has 2 atom stereocenters. The summed E-state index contributed by atoms with van der Waals surface area (Å²) in [5, 5.41) is 9.36. The molecule has 0 N–H and O–H groups in total. The van der Waals surface area contributed by atoms with Crippen molar-refractivity contribution < 1.29 is 0 Å². The molecule has 78 valence electrons. The van der Waals surface area contributed by atoms with E-state index in [1.165, 1.54) is 19.4 Å². The highest BCUT2D eigenvalue weighted by atomic mass is 15.1. The number of rotatable bonds is 1. The van der Waals surface area contributed by atoms with Gasteiger partial charge in [0.2, 0.25) is 0 Å². The fraction of sp³-hybridized carbons (Fsp3) is 0.917. The lowest BCUT2D eigenvalue weighted by Crippen LogP contribution is -2.37. The fourth-order valence-electron chi connectivity index (χ4n) is 3.20. The van der Waals surface area contributed by atoms with Gasteiger partial charge >= 0.3 is 0 Å². The van der Waals surface area contributed by atoms with E-state index in [-0.39, 0.29) is 10.8 Å². The van der Waals surface area contributed by atoms with Crippen molar-refractivity contribution in [2.24, 2.45) is 16.7 Å². The molecule has 1 aliphatic carbocycles. The minimum absolute atomic E-state index is 0.00167. The molecule has 0 spiro atoms. The Morgan fingerprint density at radius 1 is 1.43 bits per heavy atom. The molecule has 2 rings (SSSR count). The third-order valence-corrected chi connectivity index (χ3v) is 4.32. The van der Waals surface area contributed by atoms with Crippen molar-refractivity contribution >= 4 is 0 Å². The first-order valence-corrected chi connectivity index (χ1v) is 5.62. The molecule has 0 radical (unpaired) electrons. The standard InChI is InChI=1S/C12H20N2/c1-11(2)8-12(11,9-13)10-5-4-6-14(3)7-10/h10H,4-8H2,1-3H3. The van der Waals surface area contributed by atoms with Gasteiger partial charge in [-0.25, -0.2) is 0 Å². The smallest absolute Gasteiger partial charge is 0.0699 e. The first-order chi connectivity index (χ1) is 6.52. The highest BCUT2D eigenvalue weighted by Crippen LogP contribution is 2.68. The highest BCUT2D eigenvalue weighted by molar-refractivity contribution is 5.24. The maximum absolute atomic E-state index is 9.36. The molecule has 0 amide bonds. The molecule has 1 aliphatic heterocycles. The van der Waals surface area contributed by atoms with Crippen molar-refractivity contribution in [3.63, 3.8) is 0 Å². The normalized spacial score (nSPS) is 41.7. The lowest BCUT2D eigenvalue weighted by molar-refractivity contribution is 0.153. The van der Waals surface area contributed by atoms with Crippen molar-refractivity contribution in [3.05, 3.63) is 0 Å². The zero-order valence-electron chi connectivity index (χ0n) is 9.51. The van der Waals surface area contributed by atoms with E-state index in [1.54, 1.807) is 0 Å². The Morgan fingerprint density at radius 3 is 2.50 bits per heavy atom. The molecule has 1 saturated heterocycles. The molecular formula is C12H20N2. The number of likely N-dealkylation sites (tertiary alicyclic amines) is 1. The van der Waals surface area contributed by atoms with Gasteiger partial charge in [0.1, 0.15) is 0 Å². The Labute approximate surface area is 86.9 Å². The molecule has 1 saturated carbocycles. The molecule has 0 aromatic heterocycles. The zero-order valence-corrected chi connectivity index (χ0v) is 9.51. The van der Waals surface area contributed by atoms with Gasteiger partial charge in [-0.05, 0) is 44.2 Å². The largest absolute Gasteiger partial charge is 0.306 e. The van der Waals surface area contributed by atoms with Crippen molar-refractivity contribution in [1.82, 2.24) is 4.90 Å². The summed E-state index contributed by atoms with van der Waals surface area (Å²) in [6, 6.07) is 2.61. The minimum atomic E-state index is 0.00167. The average molecular weight is 192 g/mol. The van der Waals surface area contributed by atoms with Gasteiger partial charge in [-0.3, -0.25) is 0 Å². The van der Waals surface area contributed by atoms with Crippen molar-refractivity contribution in [2.75, 3.05) is 20.1 Å². The molecule has 2 nitrogen and oxygen atoms in total. The van der Waals surface area contributed by atoms with Crippen LogP contribution in [0.5, 0.6) is 0 Å². The van der Waals surface area contributed by atoms with E-state index in [4.69, 9.17) is 0 Å². The van der Waals surface area contributed by atoms with Crippen molar-refractivity contribution in [2.45, 2.75) is 33.1 Å². The van der Waals surface area contributed by atoms with Crippen molar-refractivity contribution in [3.8, 4) is 6.07 Å². The first-order valence-electron chi connectivity index (χ1n) is 5.62. The van der Waals surface area contributed by atoms with Gasteiger partial charge in [-0.1, -0.05) is 13.8 Å². The second-order valence-electron chi connectivity index (χ2n) is 5.75. The van der Waals surface area contributed by atoms with Gasteiger partial charge in [0, 0.05) is 6.54 Å². The van der Waals surface area contributed by atoms with Gasteiger partial charge in [0.05, 0.1) is 11.5 Å². The van der Waals surface area contributed by atoms with E-state index in [0.29, 0.717) is 5.92 Å². The minimum Gasteiger partial charge on any atom is -0.306 e. The number of piperidine rings is 1. The third kappa shape index (κ3) is 1.26. The number of hydrogen-bond donors (Lipinski definition) is 0. The summed E-state index contributed by atoms with van der Waals surface area (Å²) in [7, 11) is 2.17. The fourth-order valence-corrected chi connectivity index (χ4v) is 3.20. The van der Waals surface area contributed by atoms with Crippen LogP contribution >= 0.6 is 0 Å². The number of hydrogen-bond acceptors (Lipinski definition) is 2. The zero-order chi connectivity index (χ0) is 10.4. The van der Waals surface area contributed by atoms with Crippen LogP contribution in [-0.2, 0) is 0 Å².